The summed E-state index contributed by atoms with van der Waals surface area (Å²) in [6, 6.07) is 13.6. The lowest BCUT2D eigenvalue weighted by molar-refractivity contribution is -0.141. The molecule has 0 amide bonds. The zero-order valence-corrected chi connectivity index (χ0v) is 18.1. The van der Waals surface area contributed by atoms with Gasteiger partial charge in [-0.3, -0.25) is 0 Å². The van der Waals surface area contributed by atoms with Crippen molar-refractivity contribution in [2.45, 2.75) is 18.0 Å². The zero-order chi connectivity index (χ0) is 22.8. The number of sulfonamides is 1. The summed E-state index contributed by atoms with van der Waals surface area (Å²) in [4.78, 5) is 1.86. The van der Waals surface area contributed by atoms with Gasteiger partial charge in [-0.1, -0.05) is 29.8 Å². The Bertz CT molecular complexity index is 1140. The van der Waals surface area contributed by atoms with Crippen LogP contribution in [0.4, 0.5) is 13.2 Å². The van der Waals surface area contributed by atoms with Crippen LogP contribution in [0, 0.1) is 6.92 Å². The number of benzene rings is 2. The maximum Gasteiger partial charge on any atom is 0.435 e. The van der Waals surface area contributed by atoms with Crippen molar-refractivity contribution in [1.82, 2.24) is 19.4 Å². The standard InChI is InChI=1S/C21H23F3N4O2S/c1-15-4-6-16(7-5-15)19-14-20(21(22,23)24)26-28(19)17-8-10-18(11-9-17)31(29,30)25-12-13-27(2)3/h4-11,14,25H,12-13H2,1-3H3. The van der Waals surface area contributed by atoms with Crippen molar-refractivity contribution in [3.05, 3.63) is 65.9 Å². The molecule has 3 aromatic rings. The van der Waals surface area contributed by atoms with Crippen molar-refractivity contribution in [1.29, 1.82) is 0 Å². The van der Waals surface area contributed by atoms with E-state index in [0.717, 1.165) is 11.6 Å². The molecule has 0 spiro atoms. The molecule has 0 saturated heterocycles. The highest BCUT2D eigenvalue weighted by molar-refractivity contribution is 7.89. The second kappa shape index (κ2) is 8.81. The molecule has 0 unspecified atom stereocenters. The number of likely N-dealkylation sites (N-methyl/N-ethyl adjacent to an activating group) is 1. The van der Waals surface area contributed by atoms with E-state index < -0.39 is 21.9 Å². The zero-order valence-electron chi connectivity index (χ0n) is 17.3. The summed E-state index contributed by atoms with van der Waals surface area (Å²) in [5.41, 5.74) is 1.09. The Morgan fingerprint density at radius 1 is 1.03 bits per heavy atom. The SMILES string of the molecule is Cc1ccc(-c2cc(C(F)(F)F)nn2-c2ccc(S(=O)(=O)NCCN(C)C)cc2)cc1. The third kappa shape index (κ3) is 5.52. The van der Waals surface area contributed by atoms with E-state index in [1.165, 1.54) is 28.9 Å². The van der Waals surface area contributed by atoms with Gasteiger partial charge in [0.15, 0.2) is 5.69 Å². The molecule has 3 rings (SSSR count). The molecule has 0 aliphatic rings. The van der Waals surface area contributed by atoms with Crippen LogP contribution < -0.4 is 4.72 Å². The first-order valence-corrected chi connectivity index (χ1v) is 10.9. The Hall–Kier alpha value is -2.69. The van der Waals surface area contributed by atoms with Crippen LogP contribution in [0.5, 0.6) is 0 Å². The quantitative estimate of drug-likeness (QED) is 0.594. The van der Waals surface area contributed by atoms with E-state index in [4.69, 9.17) is 0 Å². The van der Waals surface area contributed by atoms with Crippen LogP contribution >= 0.6 is 0 Å². The van der Waals surface area contributed by atoms with Crippen LogP contribution in [0.1, 0.15) is 11.3 Å². The van der Waals surface area contributed by atoms with Gasteiger partial charge in [-0.05, 0) is 51.4 Å². The van der Waals surface area contributed by atoms with Crippen LogP contribution in [0.15, 0.2) is 59.5 Å². The predicted octanol–water partition coefficient (Wildman–Crippen LogP) is 3.71. The van der Waals surface area contributed by atoms with E-state index >= 15 is 0 Å². The van der Waals surface area contributed by atoms with E-state index in [1.807, 2.05) is 25.9 Å². The summed E-state index contributed by atoms with van der Waals surface area (Å²) < 4.78 is 68.4. The van der Waals surface area contributed by atoms with Gasteiger partial charge in [0, 0.05) is 18.7 Å². The highest BCUT2D eigenvalue weighted by Gasteiger charge is 2.35. The average molecular weight is 453 g/mol. The Morgan fingerprint density at radius 2 is 1.65 bits per heavy atom. The molecular weight excluding hydrogens is 429 g/mol. The summed E-state index contributed by atoms with van der Waals surface area (Å²) in [5, 5.41) is 3.73. The van der Waals surface area contributed by atoms with E-state index in [0.29, 0.717) is 17.8 Å². The molecule has 0 atom stereocenters. The second-order valence-corrected chi connectivity index (χ2v) is 9.15. The van der Waals surface area contributed by atoms with Gasteiger partial charge in [-0.2, -0.15) is 18.3 Å². The lowest BCUT2D eigenvalue weighted by Gasteiger charge is -2.12. The largest absolute Gasteiger partial charge is 0.435 e. The number of hydrogen-bond donors (Lipinski definition) is 1. The fourth-order valence-electron chi connectivity index (χ4n) is 2.90. The number of nitrogens with zero attached hydrogens (tertiary/aromatic N) is 3. The van der Waals surface area contributed by atoms with Gasteiger partial charge in [0.25, 0.3) is 0 Å². The number of nitrogens with one attached hydrogen (secondary N) is 1. The third-order valence-corrected chi connectivity index (χ3v) is 6.07. The lowest BCUT2D eigenvalue weighted by atomic mass is 10.1. The Labute approximate surface area is 179 Å². The van der Waals surface area contributed by atoms with E-state index in [9.17, 15) is 21.6 Å². The second-order valence-electron chi connectivity index (χ2n) is 7.39. The molecule has 0 aliphatic carbocycles. The molecule has 0 bridgehead atoms. The summed E-state index contributed by atoms with van der Waals surface area (Å²) in [6.07, 6.45) is -4.61. The van der Waals surface area contributed by atoms with Gasteiger partial charge >= 0.3 is 6.18 Å². The first-order chi connectivity index (χ1) is 14.5. The van der Waals surface area contributed by atoms with Crippen molar-refractivity contribution < 1.29 is 21.6 Å². The van der Waals surface area contributed by atoms with Gasteiger partial charge in [-0.15, -0.1) is 0 Å². The first kappa shape index (κ1) is 23.0. The Kier molecular flexibility index (Phi) is 6.54. The smallest absolute Gasteiger partial charge is 0.308 e. The summed E-state index contributed by atoms with van der Waals surface area (Å²) in [5.74, 6) is 0. The van der Waals surface area contributed by atoms with Crippen LogP contribution in [0.3, 0.4) is 0 Å². The van der Waals surface area contributed by atoms with Gasteiger partial charge in [0.05, 0.1) is 16.3 Å². The Balaban J connectivity index is 1.97. The third-order valence-electron chi connectivity index (χ3n) is 4.59. The van der Waals surface area contributed by atoms with Crippen molar-refractivity contribution in [2.75, 3.05) is 27.2 Å². The molecule has 31 heavy (non-hydrogen) atoms. The van der Waals surface area contributed by atoms with Gasteiger partial charge in [-0.25, -0.2) is 17.8 Å². The van der Waals surface area contributed by atoms with Crippen LogP contribution in [-0.2, 0) is 16.2 Å². The number of aromatic nitrogens is 2. The topological polar surface area (TPSA) is 67.2 Å². The van der Waals surface area contributed by atoms with E-state index in [2.05, 4.69) is 9.82 Å². The normalized spacial score (nSPS) is 12.5. The molecule has 10 heteroatoms. The highest BCUT2D eigenvalue weighted by atomic mass is 32.2. The molecule has 0 aliphatic heterocycles. The van der Waals surface area contributed by atoms with Crippen LogP contribution in [0.2, 0.25) is 0 Å². The molecule has 1 N–H and O–H groups in total. The highest BCUT2D eigenvalue weighted by Crippen LogP contribution is 2.33. The lowest BCUT2D eigenvalue weighted by Crippen LogP contribution is -2.31. The van der Waals surface area contributed by atoms with Crippen molar-refractivity contribution in [3.63, 3.8) is 0 Å². The van der Waals surface area contributed by atoms with E-state index in [-0.39, 0.29) is 17.1 Å². The van der Waals surface area contributed by atoms with Crippen molar-refractivity contribution in [2.24, 2.45) is 0 Å². The number of halogens is 3. The minimum Gasteiger partial charge on any atom is -0.308 e. The number of alkyl halides is 3. The summed E-state index contributed by atoms with van der Waals surface area (Å²) in [7, 11) is -0.0715. The number of aryl methyl sites for hydroxylation is 1. The monoisotopic (exact) mass is 452 g/mol. The fourth-order valence-corrected chi connectivity index (χ4v) is 3.92. The number of hydrogen-bond acceptors (Lipinski definition) is 4. The molecule has 0 saturated carbocycles. The molecular formula is C21H23F3N4O2S. The fraction of sp³-hybridized carbons (Fsp3) is 0.286. The van der Waals surface area contributed by atoms with Crippen molar-refractivity contribution in [3.8, 4) is 16.9 Å². The van der Waals surface area contributed by atoms with Crippen LogP contribution in [-0.4, -0.2) is 50.3 Å². The minimum absolute atomic E-state index is 0.0232. The van der Waals surface area contributed by atoms with E-state index in [1.54, 1.807) is 24.3 Å². The number of rotatable bonds is 7. The van der Waals surface area contributed by atoms with Crippen molar-refractivity contribution >= 4 is 10.0 Å². The molecule has 1 heterocycles. The predicted molar refractivity (Wildman–Crippen MR) is 112 cm³/mol. The molecule has 1 aromatic heterocycles. The molecule has 0 radical (unpaired) electrons. The maximum atomic E-state index is 13.3. The first-order valence-electron chi connectivity index (χ1n) is 9.46. The Morgan fingerprint density at radius 3 is 2.19 bits per heavy atom. The van der Waals surface area contributed by atoms with Gasteiger partial charge in [0.2, 0.25) is 10.0 Å². The van der Waals surface area contributed by atoms with Gasteiger partial charge < -0.3 is 4.90 Å². The molecule has 0 fully saturated rings. The molecule has 2 aromatic carbocycles. The maximum absolute atomic E-state index is 13.3. The van der Waals surface area contributed by atoms with Crippen LogP contribution in [0.25, 0.3) is 16.9 Å². The average Bonchev–Trinajstić information content (AvgIpc) is 3.14. The summed E-state index contributed by atoms with van der Waals surface area (Å²) >= 11 is 0. The van der Waals surface area contributed by atoms with Gasteiger partial charge in [0.1, 0.15) is 0 Å². The molecule has 166 valence electrons. The minimum atomic E-state index is -4.61. The summed E-state index contributed by atoms with van der Waals surface area (Å²) in [6.45, 7) is 2.65. The molecule has 6 nitrogen and oxygen atoms in total.